The number of nitrogens with zero attached hydrogens (tertiary/aromatic N) is 6. The first-order chi connectivity index (χ1) is 15.4. The average Bonchev–Trinajstić information content (AvgIpc) is 3.35. The molecule has 32 heavy (non-hydrogen) atoms. The number of carbonyl (C=O) groups is 1. The Hall–Kier alpha value is -2.58. The van der Waals surface area contributed by atoms with Gasteiger partial charge >= 0.3 is 0 Å². The Kier molecular flexibility index (Phi) is 5.59. The minimum atomic E-state index is 0.188. The standard InChI is InChI=1S/C24H30N6OS/c1-15(2)30-23-18(22(27-30)17-6-5-16(3)25-14-17)7-8-19-24(23)32-20(26-19)13-21(31)29-11-9-28(4)10-12-29/h5-6,14-15H,7-13H2,1-4H3. The number of aryl methyl sites for hydroxylation is 2. The number of rotatable bonds is 4. The van der Waals surface area contributed by atoms with Crippen molar-refractivity contribution in [2.45, 2.75) is 46.1 Å². The normalized spacial score (nSPS) is 16.3. The maximum Gasteiger partial charge on any atom is 0.229 e. The van der Waals surface area contributed by atoms with Gasteiger partial charge < -0.3 is 9.80 Å². The number of piperazine rings is 1. The lowest BCUT2D eigenvalue weighted by Crippen LogP contribution is -2.47. The predicted molar refractivity (Wildman–Crippen MR) is 127 cm³/mol. The van der Waals surface area contributed by atoms with Gasteiger partial charge in [0, 0.05) is 55.2 Å². The fraction of sp³-hybridized carbons (Fsp3) is 0.500. The number of hydrogen-bond donors (Lipinski definition) is 0. The highest BCUT2D eigenvalue weighted by Gasteiger charge is 2.30. The molecule has 1 aliphatic carbocycles. The average molecular weight is 451 g/mol. The molecule has 0 spiro atoms. The van der Waals surface area contributed by atoms with Gasteiger partial charge in [0.25, 0.3) is 0 Å². The summed E-state index contributed by atoms with van der Waals surface area (Å²) in [6.45, 7) is 9.81. The molecule has 0 radical (unpaired) electrons. The third kappa shape index (κ3) is 3.86. The van der Waals surface area contributed by atoms with E-state index in [-0.39, 0.29) is 11.9 Å². The highest BCUT2D eigenvalue weighted by molar-refractivity contribution is 7.15. The topological polar surface area (TPSA) is 67.2 Å². The van der Waals surface area contributed by atoms with E-state index in [1.54, 1.807) is 11.3 Å². The zero-order valence-corrected chi connectivity index (χ0v) is 20.1. The minimum Gasteiger partial charge on any atom is -0.340 e. The molecule has 0 aromatic carbocycles. The second-order valence-corrected chi connectivity index (χ2v) is 10.2. The van der Waals surface area contributed by atoms with Crippen LogP contribution in [0, 0.1) is 6.92 Å². The quantitative estimate of drug-likeness (QED) is 0.610. The van der Waals surface area contributed by atoms with E-state index in [0.717, 1.165) is 66.7 Å². The molecule has 5 rings (SSSR count). The van der Waals surface area contributed by atoms with Crippen LogP contribution in [0.5, 0.6) is 0 Å². The van der Waals surface area contributed by atoms with Crippen LogP contribution in [0.15, 0.2) is 18.3 Å². The van der Waals surface area contributed by atoms with E-state index in [9.17, 15) is 4.79 Å². The van der Waals surface area contributed by atoms with E-state index in [1.165, 1.54) is 16.1 Å². The van der Waals surface area contributed by atoms with Crippen LogP contribution in [0.3, 0.4) is 0 Å². The summed E-state index contributed by atoms with van der Waals surface area (Å²) in [6.07, 6.45) is 4.11. The van der Waals surface area contributed by atoms with Crippen molar-refractivity contribution in [3.8, 4) is 21.8 Å². The summed E-state index contributed by atoms with van der Waals surface area (Å²) < 4.78 is 2.13. The van der Waals surface area contributed by atoms with Crippen molar-refractivity contribution in [1.82, 2.24) is 29.5 Å². The van der Waals surface area contributed by atoms with Gasteiger partial charge in [-0.15, -0.1) is 11.3 Å². The largest absolute Gasteiger partial charge is 0.340 e. The monoisotopic (exact) mass is 450 g/mol. The third-order valence-corrected chi connectivity index (χ3v) is 7.51. The van der Waals surface area contributed by atoms with Gasteiger partial charge in [-0.3, -0.25) is 14.5 Å². The van der Waals surface area contributed by atoms with Crippen LogP contribution in [0.2, 0.25) is 0 Å². The van der Waals surface area contributed by atoms with E-state index >= 15 is 0 Å². The smallest absolute Gasteiger partial charge is 0.229 e. The molecule has 1 fully saturated rings. The summed E-state index contributed by atoms with van der Waals surface area (Å²) in [7, 11) is 2.10. The molecule has 0 bridgehead atoms. The number of likely N-dealkylation sites (N-methyl/N-ethyl adjacent to an activating group) is 1. The summed E-state index contributed by atoms with van der Waals surface area (Å²) in [6, 6.07) is 4.39. The number of pyridine rings is 1. The Labute approximate surface area is 193 Å². The molecule has 8 heteroatoms. The molecule has 0 N–H and O–H groups in total. The van der Waals surface area contributed by atoms with Crippen molar-refractivity contribution in [2.75, 3.05) is 33.2 Å². The number of hydrogen-bond acceptors (Lipinski definition) is 6. The first-order valence-corrected chi connectivity index (χ1v) is 12.2. The highest BCUT2D eigenvalue weighted by atomic mass is 32.1. The van der Waals surface area contributed by atoms with E-state index in [4.69, 9.17) is 10.1 Å². The lowest BCUT2D eigenvalue weighted by Gasteiger charge is -2.32. The molecule has 4 heterocycles. The van der Waals surface area contributed by atoms with Gasteiger partial charge in [-0.05, 0) is 52.8 Å². The third-order valence-electron chi connectivity index (χ3n) is 6.41. The molecule has 0 unspecified atom stereocenters. The van der Waals surface area contributed by atoms with Crippen LogP contribution in [0.25, 0.3) is 21.8 Å². The number of amides is 1. The van der Waals surface area contributed by atoms with E-state index in [1.807, 2.05) is 24.1 Å². The number of fused-ring (bicyclic) bond motifs is 3. The van der Waals surface area contributed by atoms with Crippen LogP contribution in [0.1, 0.15) is 41.8 Å². The van der Waals surface area contributed by atoms with Gasteiger partial charge in [-0.2, -0.15) is 5.10 Å². The van der Waals surface area contributed by atoms with Crippen molar-refractivity contribution in [3.63, 3.8) is 0 Å². The summed E-state index contributed by atoms with van der Waals surface area (Å²) >= 11 is 1.67. The van der Waals surface area contributed by atoms with Crippen LogP contribution < -0.4 is 0 Å². The predicted octanol–water partition coefficient (Wildman–Crippen LogP) is 3.37. The Morgan fingerprint density at radius 2 is 1.94 bits per heavy atom. The van der Waals surface area contributed by atoms with Gasteiger partial charge in [-0.25, -0.2) is 4.98 Å². The molecule has 1 aliphatic heterocycles. The Balaban J connectivity index is 1.47. The van der Waals surface area contributed by atoms with E-state index < -0.39 is 0 Å². The van der Waals surface area contributed by atoms with E-state index in [2.05, 4.69) is 41.5 Å². The van der Waals surface area contributed by atoms with Gasteiger partial charge in [0.1, 0.15) is 5.01 Å². The Morgan fingerprint density at radius 3 is 2.62 bits per heavy atom. The summed E-state index contributed by atoms with van der Waals surface area (Å²) in [5.41, 5.74) is 6.65. The van der Waals surface area contributed by atoms with Crippen molar-refractivity contribution in [1.29, 1.82) is 0 Å². The Morgan fingerprint density at radius 1 is 1.16 bits per heavy atom. The molecule has 7 nitrogen and oxygen atoms in total. The highest BCUT2D eigenvalue weighted by Crippen LogP contribution is 2.43. The van der Waals surface area contributed by atoms with Gasteiger partial charge in [0.2, 0.25) is 5.91 Å². The minimum absolute atomic E-state index is 0.188. The van der Waals surface area contributed by atoms with Crippen LogP contribution in [-0.4, -0.2) is 68.7 Å². The zero-order chi connectivity index (χ0) is 22.4. The van der Waals surface area contributed by atoms with Crippen molar-refractivity contribution < 1.29 is 4.79 Å². The number of thiazole rings is 1. The number of aromatic nitrogens is 4. The summed E-state index contributed by atoms with van der Waals surface area (Å²) in [5.74, 6) is 0.188. The maximum absolute atomic E-state index is 12.9. The zero-order valence-electron chi connectivity index (χ0n) is 19.3. The fourth-order valence-corrected chi connectivity index (χ4v) is 5.70. The molecule has 3 aromatic heterocycles. The van der Waals surface area contributed by atoms with Gasteiger partial charge in [0.05, 0.1) is 28.4 Å². The second kappa shape index (κ2) is 8.41. The lowest BCUT2D eigenvalue weighted by atomic mass is 9.95. The molecule has 2 aliphatic rings. The molecule has 168 valence electrons. The SMILES string of the molecule is Cc1ccc(-c2nn(C(C)C)c3c2CCc2nc(CC(=O)N4CCN(C)CC4)sc2-3)cn1. The summed E-state index contributed by atoms with van der Waals surface area (Å²) in [4.78, 5) is 27.7. The maximum atomic E-state index is 12.9. The number of carbonyl (C=O) groups excluding carboxylic acids is 1. The molecular formula is C24H30N6OS. The first kappa shape index (κ1) is 21.3. The van der Waals surface area contributed by atoms with Crippen molar-refractivity contribution >= 4 is 17.2 Å². The van der Waals surface area contributed by atoms with Gasteiger partial charge in [-0.1, -0.05) is 0 Å². The first-order valence-electron chi connectivity index (χ1n) is 11.4. The molecule has 3 aromatic rings. The lowest BCUT2D eigenvalue weighted by molar-refractivity contribution is -0.132. The molecule has 1 saturated heterocycles. The molecule has 0 atom stereocenters. The van der Waals surface area contributed by atoms with Crippen LogP contribution in [0.4, 0.5) is 0 Å². The Bertz CT molecular complexity index is 1140. The van der Waals surface area contributed by atoms with Crippen molar-refractivity contribution in [3.05, 3.63) is 40.3 Å². The molecule has 0 saturated carbocycles. The van der Waals surface area contributed by atoms with Gasteiger partial charge in [0.15, 0.2) is 0 Å². The fourth-order valence-electron chi connectivity index (χ4n) is 4.53. The van der Waals surface area contributed by atoms with E-state index in [0.29, 0.717) is 6.42 Å². The van der Waals surface area contributed by atoms with Crippen LogP contribution >= 0.6 is 11.3 Å². The summed E-state index contributed by atoms with van der Waals surface area (Å²) in [5, 5.41) is 5.93. The molecular weight excluding hydrogens is 420 g/mol. The second-order valence-electron chi connectivity index (χ2n) is 9.15. The molecule has 1 amide bonds. The van der Waals surface area contributed by atoms with Crippen molar-refractivity contribution in [2.24, 2.45) is 0 Å². The van der Waals surface area contributed by atoms with Crippen LogP contribution in [-0.2, 0) is 24.1 Å².